The maximum absolute atomic E-state index is 11.8. The van der Waals surface area contributed by atoms with Crippen LogP contribution in [0.4, 0.5) is 0 Å². The number of nitrogens with zero attached hydrogens (tertiary/aromatic N) is 1. The SMILES string of the molecule is CC(C)(CCO)CNC(=O)c1cncc(I)c1. The van der Waals surface area contributed by atoms with Gasteiger partial charge in [0.05, 0.1) is 5.56 Å². The number of rotatable bonds is 5. The second-order valence-electron chi connectivity index (χ2n) is 4.71. The van der Waals surface area contributed by atoms with E-state index in [1.165, 1.54) is 0 Å². The Hall–Kier alpha value is -0.690. The molecule has 0 spiro atoms. The molecule has 17 heavy (non-hydrogen) atoms. The summed E-state index contributed by atoms with van der Waals surface area (Å²) in [6, 6.07) is 1.79. The van der Waals surface area contributed by atoms with Crippen molar-refractivity contribution in [3.05, 3.63) is 27.6 Å². The van der Waals surface area contributed by atoms with E-state index in [1.807, 2.05) is 13.8 Å². The zero-order valence-corrected chi connectivity index (χ0v) is 12.2. The Kier molecular flexibility index (Phi) is 5.32. The third-order valence-corrected chi connectivity index (χ3v) is 3.07. The number of nitrogens with one attached hydrogen (secondary N) is 1. The molecule has 1 aromatic heterocycles. The minimum absolute atomic E-state index is 0.0974. The van der Waals surface area contributed by atoms with E-state index in [9.17, 15) is 4.79 Å². The first kappa shape index (κ1) is 14.4. The van der Waals surface area contributed by atoms with Gasteiger partial charge in [0, 0.05) is 29.1 Å². The van der Waals surface area contributed by atoms with E-state index in [0.29, 0.717) is 18.5 Å². The van der Waals surface area contributed by atoms with Crippen molar-refractivity contribution in [2.75, 3.05) is 13.2 Å². The van der Waals surface area contributed by atoms with Gasteiger partial charge in [-0.3, -0.25) is 9.78 Å². The highest BCUT2D eigenvalue weighted by molar-refractivity contribution is 14.1. The molecule has 0 saturated heterocycles. The molecule has 4 nitrogen and oxygen atoms in total. The standard InChI is InChI=1S/C12H17IN2O2/c1-12(2,3-4-16)8-15-11(17)9-5-10(13)7-14-6-9/h5-7,16H,3-4,8H2,1-2H3,(H,15,17). The molecule has 5 heteroatoms. The lowest BCUT2D eigenvalue weighted by atomic mass is 9.90. The second-order valence-corrected chi connectivity index (χ2v) is 5.96. The highest BCUT2D eigenvalue weighted by atomic mass is 127. The summed E-state index contributed by atoms with van der Waals surface area (Å²) in [7, 11) is 0. The van der Waals surface area contributed by atoms with Crippen LogP contribution in [0.25, 0.3) is 0 Å². The van der Waals surface area contributed by atoms with Crippen LogP contribution in [0.15, 0.2) is 18.5 Å². The number of hydrogen-bond donors (Lipinski definition) is 2. The normalized spacial score (nSPS) is 11.3. The van der Waals surface area contributed by atoms with E-state index in [1.54, 1.807) is 18.5 Å². The molecule has 2 N–H and O–H groups in total. The van der Waals surface area contributed by atoms with Crippen molar-refractivity contribution in [1.82, 2.24) is 10.3 Å². The molecule has 1 rings (SSSR count). The molecule has 1 heterocycles. The van der Waals surface area contributed by atoms with Crippen LogP contribution < -0.4 is 5.32 Å². The Balaban J connectivity index is 2.56. The summed E-state index contributed by atoms with van der Waals surface area (Å²) in [4.78, 5) is 15.8. The van der Waals surface area contributed by atoms with Gasteiger partial charge in [-0.05, 0) is 40.5 Å². The monoisotopic (exact) mass is 348 g/mol. The van der Waals surface area contributed by atoms with Gasteiger partial charge in [-0.15, -0.1) is 0 Å². The first-order chi connectivity index (χ1) is 7.94. The molecule has 0 aliphatic heterocycles. The fourth-order valence-corrected chi connectivity index (χ4v) is 1.85. The highest BCUT2D eigenvalue weighted by Gasteiger charge is 2.18. The molecule has 0 aliphatic carbocycles. The van der Waals surface area contributed by atoms with Crippen LogP contribution in [0.2, 0.25) is 0 Å². The first-order valence-corrected chi connectivity index (χ1v) is 6.52. The first-order valence-electron chi connectivity index (χ1n) is 5.44. The largest absolute Gasteiger partial charge is 0.396 e. The number of aliphatic hydroxyl groups is 1. The topological polar surface area (TPSA) is 62.2 Å². The molecule has 0 saturated carbocycles. The zero-order valence-electron chi connectivity index (χ0n) is 10.0. The fraction of sp³-hybridized carbons (Fsp3) is 0.500. The highest BCUT2D eigenvalue weighted by Crippen LogP contribution is 2.18. The number of pyridine rings is 1. The number of amides is 1. The Bertz CT molecular complexity index is 394. The minimum atomic E-state index is -0.123. The van der Waals surface area contributed by atoms with Gasteiger partial charge in [0.2, 0.25) is 0 Å². The maximum atomic E-state index is 11.8. The lowest BCUT2D eigenvalue weighted by Crippen LogP contribution is -2.34. The van der Waals surface area contributed by atoms with Crippen molar-refractivity contribution in [2.24, 2.45) is 5.41 Å². The zero-order chi connectivity index (χ0) is 12.9. The number of carbonyl (C=O) groups excluding carboxylic acids is 1. The minimum Gasteiger partial charge on any atom is -0.396 e. The van der Waals surface area contributed by atoms with E-state index < -0.39 is 0 Å². The Morgan fingerprint density at radius 2 is 2.24 bits per heavy atom. The van der Waals surface area contributed by atoms with Gasteiger partial charge >= 0.3 is 0 Å². The van der Waals surface area contributed by atoms with Gasteiger partial charge < -0.3 is 10.4 Å². The summed E-state index contributed by atoms with van der Waals surface area (Å²) in [5, 5.41) is 11.8. The summed E-state index contributed by atoms with van der Waals surface area (Å²) in [5.74, 6) is -0.123. The number of carbonyl (C=O) groups is 1. The van der Waals surface area contributed by atoms with Crippen LogP contribution in [0.1, 0.15) is 30.6 Å². The summed E-state index contributed by atoms with van der Waals surface area (Å²) in [6.45, 7) is 4.69. The lowest BCUT2D eigenvalue weighted by molar-refractivity contribution is 0.0927. The second kappa shape index (κ2) is 6.30. The van der Waals surface area contributed by atoms with Crippen molar-refractivity contribution in [3.8, 4) is 0 Å². The average Bonchev–Trinajstić information content (AvgIpc) is 2.26. The predicted molar refractivity (Wildman–Crippen MR) is 74.8 cm³/mol. The maximum Gasteiger partial charge on any atom is 0.252 e. The quantitative estimate of drug-likeness (QED) is 0.798. The molecule has 0 bridgehead atoms. The molecule has 0 aliphatic rings. The number of aromatic nitrogens is 1. The van der Waals surface area contributed by atoms with Crippen molar-refractivity contribution in [3.63, 3.8) is 0 Å². The Morgan fingerprint density at radius 1 is 1.53 bits per heavy atom. The van der Waals surface area contributed by atoms with Crippen LogP contribution in [0, 0.1) is 8.99 Å². The van der Waals surface area contributed by atoms with Gasteiger partial charge in [0.1, 0.15) is 0 Å². The smallest absolute Gasteiger partial charge is 0.252 e. The van der Waals surface area contributed by atoms with Crippen LogP contribution in [0.5, 0.6) is 0 Å². The summed E-state index contributed by atoms with van der Waals surface area (Å²) in [6.07, 6.45) is 3.92. The van der Waals surface area contributed by atoms with Gasteiger partial charge in [-0.1, -0.05) is 13.8 Å². The van der Waals surface area contributed by atoms with E-state index in [-0.39, 0.29) is 17.9 Å². The Labute approximate surface area is 115 Å². The molecule has 0 fully saturated rings. The molecule has 0 atom stereocenters. The van der Waals surface area contributed by atoms with Crippen LogP contribution >= 0.6 is 22.6 Å². The van der Waals surface area contributed by atoms with Gasteiger partial charge in [0.15, 0.2) is 0 Å². The molecule has 0 radical (unpaired) electrons. The Morgan fingerprint density at radius 3 is 2.82 bits per heavy atom. The number of halogens is 1. The van der Waals surface area contributed by atoms with E-state index >= 15 is 0 Å². The third kappa shape index (κ3) is 4.99. The molecule has 1 amide bonds. The van der Waals surface area contributed by atoms with Gasteiger partial charge in [0.25, 0.3) is 5.91 Å². The summed E-state index contributed by atoms with van der Waals surface area (Å²) >= 11 is 2.12. The number of hydrogen-bond acceptors (Lipinski definition) is 3. The van der Waals surface area contributed by atoms with Gasteiger partial charge in [-0.25, -0.2) is 0 Å². The third-order valence-electron chi connectivity index (χ3n) is 2.48. The molecule has 1 aromatic rings. The van der Waals surface area contributed by atoms with Crippen LogP contribution in [-0.4, -0.2) is 29.1 Å². The molecular weight excluding hydrogens is 331 g/mol. The van der Waals surface area contributed by atoms with E-state index in [2.05, 4.69) is 32.9 Å². The molecular formula is C12H17IN2O2. The predicted octanol–water partition coefficient (Wildman–Crippen LogP) is 1.82. The van der Waals surface area contributed by atoms with Crippen molar-refractivity contribution in [1.29, 1.82) is 0 Å². The molecule has 0 unspecified atom stereocenters. The molecule has 94 valence electrons. The number of aliphatic hydroxyl groups excluding tert-OH is 1. The van der Waals surface area contributed by atoms with Gasteiger partial charge in [-0.2, -0.15) is 0 Å². The van der Waals surface area contributed by atoms with Crippen molar-refractivity contribution < 1.29 is 9.90 Å². The van der Waals surface area contributed by atoms with Crippen molar-refractivity contribution in [2.45, 2.75) is 20.3 Å². The van der Waals surface area contributed by atoms with Crippen molar-refractivity contribution >= 4 is 28.5 Å². The van der Waals surface area contributed by atoms with E-state index in [0.717, 1.165) is 3.57 Å². The van der Waals surface area contributed by atoms with Crippen LogP contribution in [0.3, 0.4) is 0 Å². The average molecular weight is 348 g/mol. The van der Waals surface area contributed by atoms with E-state index in [4.69, 9.17) is 5.11 Å². The lowest BCUT2D eigenvalue weighted by Gasteiger charge is -2.23. The molecule has 0 aromatic carbocycles. The fourth-order valence-electron chi connectivity index (χ4n) is 1.35. The summed E-state index contributed by atoms with van der Waals surface area (Å²) in [5.41, 5.74) is 0.469. The van der Waals surface area contributed by atoms with Crippen LogP contribution in [-0.2, 0) is 0 Å². The summed E-state index contributed by atoms with van der Waals surface area (Å²) < 4.78 is 0.935.